The van der Waals surface area contributed by atoms with Crippen LogP contribution in [0.3, 0.4) is 0 Å². The van der Waals surface area contributed by atoms with Gasteiger partial charge in [-0.25, -0.2) is 20.5 Å². The van der Waals surface area contributed by atoms with Crippen LogP contribution in [-0.2, 0) is 0 Å². The summed E-state index contributed by atoms with van der Waals surface area (Å²) in [5.74, 6) is 5.85. The van der Waals surface area contributed by atoms with Gasteiger partial charge in [0, 0.05) is 6.07 Å². The van der Waals surface area contributed by atoms with Gasteiger partial charge in [-0.15, -0.1) is 5.10 Å². The van der Waals surface area contributed by atoms with E-state index >= 15 is 0 Å². The minimum Gasteiger partial charge on any atom is -0.308 e. The molecule has 2 aromatic rings. The topological polar surface area (TPSA) is 107 Å². The molecule has 1 aliphatic rings. The molecule has 1 fully saturated rings. The maximum Gasteiger partial charge on any atom is 0.215 e. The molecule has 3 rings (SSSR count). The summed E-state index contributed by atoms with van der Waals surface area (Å²) in [7, 11) is 0. The monoisotopic (exact) mass is 250 g/mol. The zero-order valence-corrected chi connectivity index (χ0v) is 9.63. The van der Waals surface area contributed by atoms with Crippen LogP contribution in [0.2, 0.25) is 0 Å². The van der Waals surface area contributed by atoms with Crippen molar-refractivity contribution in [1.82, 2.24) is 30.2 Å². The van der Waals surface area contributed by atoms with Gasteiger partial charge in [-0.3, -0.25) is 0 Å². The van der Waals surface area contributed by atoms with Gasteiger partial charge in [0.1, 0.15) is 17.2 Å². The molecule has 0 bridgehead atoms. The molecule has 1 saturated carbocycles. The third-order valence-corrected chi connectivity index (χ3v) is 3.22. The van der Waals surface area contributed by atoms with Gasteiger partial charge in [0.2, 0.25) is 5.16 Å². The first-order valence-electron chi connectivity index (χ1n) is 5.11. The van der Waals surface area contributed by atoms with E-state index < -0.39 is 0 Å². The molecule has 0 unspecified atom stereocenters. The highest BCUT2D eigenvalue weighted by Crippen LogP contribution is 2.37. The van der Waals surface area contributed by atoms with Crippen LogP contribution in [0.1, 0.15) is 18.9 Å². The summed E-state index contributed by atoms with van der Waals surface area (Å²) < 4.78 is 1.84. The highest BCUT2D eigenvalue weighted by atomic mass is 32.2. The molecular weight excluding hydrogens is 240 g/mol. The molecule has 0 saturated heterocycles. The van der Waals surface area contributed by atoms with Crippen molar-refractivity contribution < 1.29 is 0 Å². The van der Waals surface area contributed by atoms with E-state index in [1.807, 2.05) is 4.68 Å². The number of rotatable bonds is 4. The average Bonchev–Trinajstić information content (AvgIpc) is 3.11. The van der Waals surface area contributed by atoms with E-state index in [0.29, 0.717) is 11.9 Å². The van der Waals surface area contributed by atoms with Crippen molar-refractivity contribution in [2.45, 2.75) is 29.1 Å². The summed E-state index contributed by atoms with van der Waals surface area (Å²) >= 11 is 1.40. The van der Waals surface area contributed by atoms with E-state index in [2.05, 4.69) is 30.9 Å². The van der Waals surface area contributed by atoms with Crippen molar-refractivity contribution in [1.29, 1.82) is 0 Å². The van der Waals surface area contributed by atoms with Crippen molar-refractivity contribution >= 4 is 17.6 Å². The van der Waals surface area contributed by atoms with Crippen molar-refractivity contribution in [3.63, 3.8) is 0 Å². The van der Waals surface area contributed by atoms with E-state index in [9.17, 15) is 0 Å². The van der Waals surface area contributed by atoms with Crippen LogP contribution in [-0.4, -0.2) is 30.2 Å². The van der Waals surface area contributed by atoms with E-state index in [4.69, 9.17) is 5.84 Å². The van der Waals surface area contributed by atoms with Crippen LogP contribution in [0.15, 0.2) is 22.6 Å². The van der Waals surface area contributed by atoms with Gasteiger partial charge >= 0.3 is 0 Å². The summed E-state index contributed by atoms with van der Waals surface area (Å²) in [6.45, 7) is 0. The smallest absolute Gasteiger partial charge is 0.215 e. The molecule has 9 heteroatoms. The Morgan fingerprint density at radius 1 is 1.41 bits per heavy atom. The lowest BCUT2D eigenvalue weighted by atomic mass is 10.6. The molecule has 0 amide bonds. The normalized spacial score (nSPS) is 14.9. The number of hydrogen-bond donors (Lipinski definition) is 2. The van der Waals surface area contributed by atoms with Crippen LogP contribution in [0.25, 0.3) is 0 Å². The first-order valence-corrected chi connectivity index (χ1v) is 5.93. The molecule has 0 aromatic carbocycles. The minimum absolute atomic E-state index is 0.446. The Morgan fingerprint density at radius 3 is 3.06 bits per heavy atom. The second kappa shape index (κ2) is 4.26. The standard InChI is InChI=1S/C8H10N8S/c9-12-6-3-7(11-4-10-6)17-8-13-14-15-16(8)5-1-2-5/h3-5H,1-2,9H2,(H,10,11,12). The molecule has 1 aliphatic carbocycles. The van der Waals surface area contributed by atoms with E-state index in [1.165, 1.54) is 18.1 Å². The average molecular weight is 250 g/mol. The molecular formula is C8H10N8S. The van der Waals surface area contributed by atoms with Crippen molar-refractivity contribution in [2.24, 2.45) is 5.84 Å². The lowest BCUT2D eigenvalue weighted by molar-refractivity contribution is 0.565. The summed E-state index contributed by atoms with van der Waals surface area (Å²) in [5, 5.41) is 13.1. The number of hydrogen-bond acceptors (Lipinski definition) is 8. The first kappa shape index (κ1) is 10.4. The predicted molar refractivity (Wildman–Crippen MR) is 60.1 cm³/mol. The quantitative estimate of drug-likeness (QED) is 0.451. The highest BCUT2D eigenvalue weighted by molar-refractivity contribution is 7.99. The predicted octanol–water partition coefficient (Wildman–Crippen LogP) is 0.235. The van der Waals surface area contributed by atoms with Crippen LogP contribution in [0, 0.1) is 0 Å². The number of nitrogens with one attached hydrogen (secondary N) is 1. The Kier molecular flexibility index (Phi) is 2.61. The summed E-state index contributed by atoms with van der Waals surface area (Å²) in [5.41, 5.74) is 2.47. The molecule has 0 aliphatic heterocycles. The van der Waals surface area contributed by atoms with Gasteiger partial charge in [-0.2, -0.15) is 0 Å². The number of aromatic nitrogens is 6. The molecule has 0 atom stereocenters. The summed E-state index contributed by atoms with van der Waals surface area (Å²) in [6, 6.07) is 2.19. The van der Waals surface area contributed by atoms with Crippen molar-refractivity contribution in [3.05, 3.63) is 12.4 Å². The Balaban J connectivity index is 1.83. The summed E-state index contributed by atoms with van der Waals surface area (Å²) in [6.07, 6.45) is 3.72. The van der Waals surface area contributed by atoms with E-state index in [0.717, 1.165) is 23.0 Å². The molecule has 8 nitrogen and oxygen atoms in total. The van der Waals surface area contributed by atoms with Gasteiger partial charge in [0.25, 0.3) is 0 Å². The maximum atomic E-state index is 5.29. The van der Waals surface area contributed by atoms with E-state index in [-0.39, 0.29) is 0 Å². The van der Waals surface area contributed by atoms with Gasteiger partial charge in [-0.05, 0) is 35.0 Å². The molecule has 0 spiro atoms. The number of nitrogens with two attached hydrogens (primary N) is 1. The second-order valence-electron chi connectivity index (χ2n) is 3.63. The number of hydrazine groups is 1. The Labute approximate surface area is 101 Å². The Morgan fingerprint density at radius 2 is 2.29 bits per heavy atom. The highest BCUT2D eigenvalue weighted by Gasteiger charge is 2.28. The summed E-state index contributed by atoms with van der Waals surface area (Å²) in [4.78, 5) is 8.07. The van der Waals surface area contributed by atoms with Crippen LogP contribution in [0.4, 0.5) is 5.82 Å². The van der Waals surface area contributed by atoms with Crippen molar-refractivity contribution in [3.8, 4) is 0 Å². The molecule has 0 radical (unpaired) electrons. The number of nitrogens with zero attached hydrogens (tertiary/aromatic N) is 6. The fourth-order valence-corrected chi connectivity index (χ4v) is 2.18. The number of anilines is 1. The van der Waals surface area contributed by atoms with Crippen LogP contribution >= 0.6 is 11.8 Å². The van der Waals surface area contributed by atoms with Crippen LogP contribution in [0.5, 0.6) is 0 Å². The minimum atomic E-state index is 0.446. The lowest BCUT2D eigenvalue weighted by Gasteiger charge is -2.02. The number of tetrazole rings is 1. The zero-order valence-electron chi connectivity index (χ0n) is 8.82. The van der Waals surface area contributed by atoms with Gasteiger partial charge in [0.05, 0.1) is 6.04 Å². The molecule has 17 heavy (non-hydrogen) atoms. The largest absolute Gasteiger partial charge is 0.308 e. The third-order valence-electron chi connectivity index (χ3n) is 2.34. The SMILES string of the molecule is NNc1cc(Sc2nnnn2C2CC2)ncn1. The molecule has 88 valence electrons. The first-order chi connectivity index (χ1) is 8.36. The third kappa shape index (κ3) is 2.19. The second-order valence-corrected chi connectivity index (χ2v) is 4.61. The Bertz CT molecular complexity index is 522. The van der Waals surface area contributed by atoms with E-state index in [1.54, 1.807) is 6.07 Å². The van der Waals surface area contributed by atoms with Gasteiger partial charge in [-0.1, -0.05) is 0 Å². The molecule has 2 heterocycles. The number of nitrogen functional groups attached to an aromatic ring is 1. The molecule has 3 N–H and O–H groups in total. The van der Waals surface area contributed by atoms with Gasteiger partial charge < -0.3 is 5.43 Å². The fourth-order valence-electron chi connectivity index (χ4n) is 1.37. The van der Waals surface area contributed by atoms with Crippen molar-refractivity contribution in [2.75, 3.05) is 5.43 Å². The molecule has 2 aromatic heterocycles. The maximum absolute atomic E-state index is 5.29. The lowest BCUT2D eigenvalue weighted by Crippen LogP contribution is -2.08. The van der Waals surface area contributed by atoms with Gasteiger partial charge in [0.15, 0.2) is 0 Å². The fraction of sp³-hybridized carbons (Fsp3) is 0.375. The Hall–Kier alpha value is -1.74. The van der Waals surface area contributed by atoms with Crippen LogP contribution < -0.4 is 11.3 Å². The zero-order chi connectivity index (χ0) is 11.7.